The van der Waals surface area contributed by atoms with Crippen LogP contribution in [0, 0.1) is 5.82 Å². The van der Waals surface area contributed by atoms with E-state index < -0.39 is 53.9 Å². The highest BCUT2D eigenvalue weighted by Crippen LogP contribution is 2.46. The summed E-state index contributed by atoms with van der Waals surface area (Å²) < 4.78 is 26.4. The van der Waals surface area contributed by atoms with E-state index in [1.165, 1.54) is 21.9 Å². The number of nitrogens with zero attached hydrogens (tertiary/aromatic N) is 5. The Morgan fingerprint density at radius 2 is 1.84 bits per heavy atom. The fourth-order valence-corrected chi connectivity index (χ4v) is 6.98. The third-order valence-electron chi connectivity index (χ3n) is 9.75. The molecule has 1 aliphatic heterocycles. The standard InChI is InChI=1S/C36H40FN5O8/c1-3-4-13-49-33(46)22-40(21-32(44)45)28-15-29(16-28)41(18-23-5-8-27(37)9-6-23)31(43)20-42-34(47)36(50-35(42)48)12-11-25-14-24(7-10-30(25)36)26-17-38-39(2)19-26/h5-10,14,17,19,28-29H,3-4,11-13,15-16,18,20-22H2,1-2H3,(H,44,45). The van der Waals surface area contributed by atoms with Crippen molar-refractivity contribution in [1.29, 1.82) is 0 Å². The van der Waals surface area contributed by atoms with Gasteiger partial charge in [0, 0.05) is 49.4 Å². The molecule has 50 heavy (non-hydrogen) atoms. The van der Waals surface area contributed by atoms with Crippen molar-refractivity contribution in [2.24, 2.45) is 7.05 Å². The number of benzene rings is 2. The number of carboxylic acid groups (broad SMARTS) is 1. The van der Waals surface area contributed by atoms with Gasteiger partial charge in [0.25, 0.3) is 5.91 Å². The smallest absolute Gasteiger partial charge is 0.418 e. The molecule has 1 atom stereocenters. The van der Waals surface area contributed by atoms with E-state index in [1.807, 2.05) is 32.3 Å². The highest BCUT2D eigenvalue weighted by atomic mass is 19.1. The second-order valence-electron chi connectivity index (χ2n) is 13.2. The van der Waals surface area contributed by atoms with Gasteiger partial charge in [-0.3, -0.25) is 28.8 Å². The Balaban J connectivity index is 1.17. The van der Waals surface area contributed by atoms with E-state index in [2.05, 4.69) is 5.10 Å². The van der Waals surface area contributed by atoms with Crippen molar-refractivity contribution in [3.8, 4) is 11.1 Å². The molecule has 1 aromatic heterocycles. The number of amides is 3. The van der Waals surface area contributed by atoms with Gasteiger partial charge in [0.05, 0.1) is 25.9 Å². The average Bonchev–Trinajstić information content (AvgIpc) is 3.72. The Kier molecular flexibility index (Phi) is 10.0. The van der Waals surface area contributed by atoms with E-state index in [1.54, 1.807) is 29.1 Å². The first kappa shape index (κ1) is 34.7. The predicted molar refractivity (Wildman–Crippen MR) is 176 cm³/mol. The number of aromatic nitrogens is 2. The summed E-state index contributed by atoms with van der Waals surface area (Å²) in [4.78, 5) is 69.2. The zero-order valence-corrected chi connectivity index (χ0v) is 28.0. The number of carbonyl (C=O) groups excluding carboxylic acids is 4. The number of rotatable bonds is 14. The number of aliphatic carboxylic acids is 1. The van der Waals surface area contributed by atoms with Gasteiger partial charge in [-0.25, -0.2) is 14.1 Å². The van der Waals surface area contributed by atoms with Crippen LogP contribution in [0.4, 0.5) is 9.18 Å². The number of ether oxygens (including phenoxy) is 2. The molecule has 14 heteroatoms. The lowest BCUT2D eigenvalue weighted by molar-refractivity contribution is -0.151. The Labute approximate surface area is 288 Å². The number of carboxylic acids is 1. The largest absolute Gasteiger partial charge is 0.480 e. The van der Waals surface area contributed by atoms with Gasteiger partial charge in [-0.15, -0.1) is 0 Å². The van der Waals surface area contributed by atoms with E-state index in [0.717, 1.165) is 28.0 Å². The van der Waals surface area contributed by atoms with Crippen LogP contribution in [0.3, 0.4) is 0 Å². The van der Waals surface area contributed by atoms with Gasteiger partial charge in [-0.05, 0) is 54.5 Å². The summed E-state index contributed by atoms with van der Waals surface area (Å²) in [7, 11) is 1.82. The topological polar surface area (TPSA) is 152 Å². The minimum absolute atomic E-state index is 0.0661. The van der Waals surface area contributed by atoms with Crippen molar-refractivity contribution in [3.05, 3.63) is 77.4 Å². The Hall–Kier alpha value is -5.11. The Bertz CT molecular complexity index is 1790. The SMILES string of the molecule is CCCCOC(=O)CN(CC(=O)O)C1CC(N(Cc2ccc(F)cc2)C(=O)CN2C(=O)OC3(CCc4cc(-c5cnn(C)c5)ccc43)C2=O)C1. The summed E-state index contributed by atoms with van der Waals surface area (Å²) in [5.74, 6) is -3.19. The van der Waals surface area contributed by atoms with Crippen LogP contribution in [0.5, 0.6) is 0 Å². The van der Waals surface area contributed by atoms with Gasteiger partial charge in [0.2, 0.25) is 11.5 Å². The van der Waals surface area contributed by atoms with Crippen molar-refractivity contribution >= 4 is 29.8 Å². The average molecular weight is 690 g/mol. The first-order chi connectivity index (χ1) is 24.0. The molecule has 2 fully saturated rings. The highest BCUT2D eigenvalue weighted by Gasteiger charge is 2.58. The first-order valence-corrected chi connectivity index (χ1v) is 16.8. The van der Waals surface area contributed by atoms with Gasteiger partial charge in [-0.2, -0.15) is 5.10 Å². The normalized spacial score (nSPS) is 20.9. The van der Waals surface area contributed by atoms with Gasteiger partial charge >= 0.3 is 18.0 Å². The number of carbonyl (C=O) groups is 5. The van der Waals surface area contributed by atoms with E-state index in [-0.39, 0.29) is 38.7 Å². The molecular formula is C36H40FN5O8. The molecule has 1 spiro atoms. The summed E-state index contributed by atoms with van der Waals surface area (Å²) in [5, 5.41) is 13.7. The van der Waals surface area contributed by atoms with Gasteiger partial charge in [0.15, 0.2) is 0 Å². The van der Waals surface area contributed by atoms with Crippen LogP contribution in [0.15, 0.2) is 54.9 Å². The maximum absolute atomic E-state index is 14.0. The molecule has 3 aliphatic rings. The van der Waals surface area contributed by atoms with E-state index in [4.69, 9.17) is 9.47 Å². The van der Waals surface area contributed by atoms with Crippen LogP contribution < -0.4 is 0 Å². The van der Waals surface area contributed by atoms with Crippen molar-refractivity contribution in [3.63, 3.8) is 0 Å². The number of hydrogen-bond acceptors (Lipinski definition) is 9. The number of unbranched alkanes of at least 4 members (excludes halogenated alkanes) is 1. The minimum atomic E-state index is -1.52. The van der Waals surface area contributed by atoms with E-state index in [0.29, 0.717) is 36.8 Å². The van der Waals surface area contributed by atoms with Crippen LogP contribution >= 0.6 is 0 Å². The first-order valence-electron chi connectivity index (χ1n) is 16.8. The van der Waals surface area contributed by atoms with Crippen LogP contribution in [-0.4, -0.2) is 97.8 Å². The molecule has 2 aliphatic carbocycles. The van der Waals surface area contributed by atoms with Gasteiger partial charge < -0.3 is 19.5 Å². The lowest BCUT2D eigenvalue weighted by Gasteiger charge is -2.47. The molecule has 13 nitrogen and oxygen atoms in total. The third-order valence-corrected chi connectivity index (χ3v) is 9.75. The van der Waals surface area contributed by atoms with E-state index in [9.17, 15) is 33.5 Å². The van der Waals surface area contributed by atoms with E-state index >= 15 is 0 Å². The fourth-order valence-electron chi connectivity index (χ4n) is 6.98. The second kappa shape index (κ2) is 14.4. The zero-order chi connectivity index (χ0) is 35.6. The highest BCUT2D eigenvalue weighted by molar-refractivity contribution is 6.06. The van der Waals surface area contributed by atoms with Gasteiger partial charge in [0.1, 0.15) is 12.4 Å². The van der Waals surface area contributed by atoms with Crippen LogP contribution in [0.25, 0.3) is 11.1 Å². The third kappa shape index (κ3) is 7.11. The Morgan fingerprint density at radius 1 is 1.08 bits per heavy atom. The molecule has 264 valence electrons. The molecule has 0 bridgehead atoms. The lowest BCUT2D eigenvalue weighted by Crippen LogP contribution is -2.58. The summed E-state index contributed by atoms with van der Waals surface area (Å²) in [6, 6.07) is 10.5. The molecular weight excluding hydrogens is 649 g/mol. The number of fused-ring (bicyclic) bond motifs is 2. The van der Waals surface area contributed by atoms with Crippen molar-refractivity contribution < 1.29 is 42.9 Å². The fraction of sp³-hybridized carbons (Fsp3) is 0.444. The number of hydrogen-bond donors (Lipinski definition) is 1. The molecule has 2 heterocycles. The summed E-state index contributed by atoms with van der Waals surface area (Å²) in [6.07, 6.45) is 5.71. The molecule has 6 rings (SSSR count). The summed E-state index contributed by atoms with van der Waals surface area (Å²) in [6.45, 7) is 1.13. The number of imide groups is 1. The van der Waals surface area contributed by atoms with Gasteiger partial charge in [-0.1, -0.05) is 43.7 Å². The summed E-state index contributed by atoms with van der Waals surface area (Å²) >= 11 is 0. The molecule has 1 unspecified atom stereocenters. The molecule has 1 saturated heterocycles. The van der Waals surface area contributed by atoms with Crippen LogP contribution in [-0.2, 0) is 54.3 Å². The summed E-state index contributed by atoms with van der Waals surface area (Å²) in [5.41, 5.74) is 2.41. The van der Waals surface area contributed by atoms with Crippen LogP contribution in [0.2, 0.25) is 0 Å². The van der Waals surface area contributed by atoms with Crippen molar-refractivity contribution in [2.45, 2.75) is 69.7 Å². The van der Waals surface area contributed by atoms with Crippen molar-refractivity contribution in [1.82, 2.24) is 24.5 Å². The number of halogens is 1. The number of aryl methyl sites for hydroxylation is 2. The minimum Gasteiger partial charge on any atom is -0.480 e. The zero-order valence-electron chi connectivity index (χ0n) is 28.0. The molecule has 2 aromatic carbocycles. The molecule has 3 aromatic rings. The monoisotopic (exact) mass is 689 g/mol. The molecule has 3 amide bonds. The Morgan fingerprint density at radius 3 is 2.52 bits per heavy atom. The predicted octanol–water partition coefficient (Wildman–Crippen LogP) is 3.64. The molecule has 1 saturated carbocycles. The molecule has 0 radical (unpaired) electrons. The lowest BCUT2D eigenvalue weighted by atomic mass is 9.83. The maximum atomic E-state index is 14.0. The quantitative estimate of drug-likeness (QED) is 0.196. The second-order valence-corrected chi connectivity index (χ2v) is 13.2. The molecule has 1 N–H and O–H groups in total. The maximum Gasteiger partial charge on any atom is 0.418 e. The van der Waals surface area contributed by atoms with Crippen molar-refractivity contribution in [2.75, 3.05) is 26.2 Å². The number of esters is 1. The van der Waals surface area contributed by atoms with Crippen LogP contribution in [0.1, 0.15) is 55.7 Å².